The van der Waals surface area contributed by atoms with Gasteiger partial charge in [-0.3, -0.25) is 4.79 Å². The molecule has 78 valence electrons. The topological polar surface area (TPSA) is 83.5 Å². The van der Waals surface area contributed by atoms with Crippen molar-refractivity contribution in [1.82, 2.24) is 4.72 Å². The minimum Gasteiger partial charge on any atom is -0.480 e. The van der Waals surface area contributed by atoms with Crippen LogP contribution in [0.25, 0.3) is 0 Å². The Morgan fingerprint density at radius 3 is 2.46 bits per heavy atom. The molecule has 0 spiro atoms. The van der Waals surface area contributed by atoms with Gasteiger partial charge >= 0.3 is 5.97 Å². The summed E-state index contributed by atoms with van der Waals surface area (Å²) in [5, 5.41) is 8.23. The summed E-state index contributed by atoms with van der Waals surface area (Å²) in [5.41, 5.74) is 0. The Bertz CT molecular complexity index is 247. The molecule has 0 heterocycles. The van der Waals surface area contributed by atoms with Gasteiger partial charge in [-0.15, -0.1) is 0 Å². The van der Waals surface area contributed by atoms with Gasteiger partial charge in [-0.1, -0.05) is 19.8 Å². The predicted octanol–water partition coefficient (Wildman–Crippen LogP) is 0.181. The van der Waals surface area contributed by atoms with Crippen molar-refractivity contribution in [2.24, 2.45) is 0 Å². The molecular formula is C7H15NO4S. The van der Waals surface area contributed by atoms with Crippen LogP contribution in [0.4, 0.5) is 0 Å². The minimum atomic E-state index is -3.61. The summed E-state index contributed by atoms with van der Waals surface area (Å²) in [6, 6.07) is 0. The SMILES string of the molecule is CCCCCNS(=O)(=O)CC(=O)O. The number of hydrogen-bond acceptors (Lipinski definition) is 3. The number of nitrogens with one attached hydrogen (secondary N) is 1. The third kappa shape index (κ3) is 7.73. The Morgan fingerprint density at radius 2 is 2.00 bits per heavy atom. The summed E-state index contributed by atoms with van der Waals surface area (Å²) in [7, 11) is -3.61. The molecule has 0 bridgehead atoms. The first-order valence-corrected chi connectivity index (χ1v) is 5.82. The van der Waals surface area contributed by atoms with Crippen molar-refractivity contribution in [1.29, 1.82) is 0 Å². The first-order valence-electron chi connectivity index (χ1n) is 4.17. The third-order valence-electron chi connectivity index (χ3n) is 1.42. The summed E-state index contributed by atoms with van der Waals surface area (Å²) < 4.78 is 24.0. The standard InChI is InChI=1S/C7H15NO4S/c1-2-3-4-5-8-13(11,12)6-7(9)10/h8H,2-6H2,1H3,(H,9,10). The van der Waals surface area contributed by atoms with Gasteiger partial charge in [-0.25, -0.2) is 13.1 Å². The summed E-state index contributed by atoms with van der Waals surface area (Å²) in [6.45, 7) is 2.33. The van der Waals surface area contributed by atoms with Gasteiger partial charge in [0.25, 0.3) is 0 Å². The number of carbonyl (C=O) groups is 1. The molecule has 0 aliphatic carbocycles. The van der Waals surface area contributed by atoms with Gasteiger partial charge in [0.05, 0.1) is 0 Å². The average molecular weight is 209 g/mol. The van der Waals surface area contributed by atoms with Crippen LogP contribution in [0.1, 0.15) is 26.2 Å². The Kier molecular flexibility index (Phi) is 5.65. The van der Waals surface area contributed by atoms with Crippen LogP contribution in [0.15, 0.2) is 0 Å². The maximum absolute atomic E-state index is 10.9. The zero-order valence-corrected chi connectivity index (χ0v) is 8.43. The average Bonchev–Trinajstić information content (AvgIpc) is 1.95. The normalized spacial score (nSPS) is 11.5. The van der Waals surface area contributed by atoms with Crippen LogP contribution in [-0.4, -0.2) is 31.8 Å². The van der Waals surface area contributed by atoms with E-state index < -0.39 is 21.7 Å². The van der Waals surface area contributed by atoms with E-state index in [9.17, 15) is 13.2 Å². The van der Waals surface area contributed by atoms with Gasteiger partial charge < -0.3 is 5.11 Å². The van der Waals surface area contributed by atoms with Gasteiger partial charge in [0.1, 0.15) is 0 Å². The van der Waals surface area contributed by atoms with Gasteiger partial charge in [-0.05, 0) is 6.42 Å². The van der Waals surface area contributed by atoms with Gasteiger partial charge in [0.2, 0.25) is 10.0 Å². The molecule has 0 rings (SSSR count). The Hall–Kier alpha value is -0.620. The summed E-state index contributed by atoms with van der Waals surface area (Å²) in [6.07, 6.45) is 2.69. The first-order chi connectivity index (χ1) is 5.98. The predicted molar refractivity (Wildman–Crippen MR) is 49.0 cm³/mol. The van der Waals surface area contributed by atoms with Crippen LogP contribution in [0, 0.1) is 0 Å². The number of sulfonamides is 1. The van der Waals surface area contributed by atoms with E-state index in [0.29, 0.717) is 6.54 Å². The van der Waals surface area contributed by atoms with Crippen molar-refractivity contribution < 1.29 is 18.3 Å². The molecule has 13 heavy (non-hydrogen) atoms. The van der Waals surface area contributed by atoms with E-state index in [2.05, 4.69) is 4.72 Å². The molecule has 0 saturated carbocycles. The molecule has 0 aromatic heterocycles. The van der Waals surface area contributed by atoms with Crippen LogP contribution in [-0.2, 0) is 14.8 Å². The fourth-order valence-corrected chi connectivity index (χ4v) is 1.70. The highest BCUT2D eigenvalue weighted by Gasteiger charge is 2.13. The molecule has 0 unspecified atom stereocenters. The number of carboxylic acid groups (broad SMARTS) is 1. The molecule has 0 saturated heterocycles. The molecule has 0 aromatic carbocycles. The van der Waals surface area contributed by atoms with E-state index in [1.807, 2.05) is 6.92 Å². The molecule has 0 atom stereocenters. The van der Waals surface area contributed by atoms with Crippen molar-refractivity contribution in [3.05, 3.63) is 0 Å². The lowest BCUT2D eigenvalue weighted by Crippen LogP contribution is -2.30. The lowest BCUT2D eigenvalue weighted by atomic mass is 10.3. The van der Waals surface area contributed by atoms with Gasteiger partial charge in [0.15, 0.2) is 5.75 Å². The zero-order valence-electron chi connectivity index (χ0n) is 7.62. The summed E-state index contributed by atoms with van der Waals surface area (Å²) >= 11 is 0. The smallest absolute Gasteiger partial charge is 0.320 e. The van der Waals surface area contributed by atoms with Crippen molar-refractivity contribution in [3.63, 3.8) is 0 Å². The highest BCUT2D eigenvalue weighted by atomic mass is 32.2. The summed E-state index contributed by atoms with van der Waals surface area (Å²) in [4.78, 5) is 10.1. The number of carboxylic acids is 1. The monoisotopic (exact) mass is 209 g/mol. The van der Waals surface area contributed by atoms with E-state index in [4.69, 9.17) is 5.11 Å². The fourth-order valence-electron chi connectivity index (χ4n) is 0.816. The largest absolute Gasteiger partial charge is 0.480 e. The highest BCUT2D eigenvalue weighted by Crippen LogP contribution is 1.93. The number of hydrogen-bond donors (Lipinski definition) is 2. The van der Waals surface area contributed by atoms with Crippen molar-refractivity contribution >= 4 is 16.0 Å². The van der Waals surface area contributed by atoms with Crippen LogP contribution in [0.3, 0.4) is 0 Å². The van der Waals surface area contributed by atoms with Crippen molar-refractivity contribution in [3.8, 4) is 0 Å². The first kappa shape index (κ1) is 12.4. The molecule has 0 amide bonds. The molecule has 0 radical (unpaired) electrons. The molecule has 0 fully saturated rings. The molecule has 5 nitrogen and oxygen atoms in total. The molecule has 0 aromatic rings. The van der Waals surface area contributed by atoms with Crippen LogP contribution in [0.2, 0.25) is 0 Å². The second-order valence-electron chi connectivity index (χ2n) is 2.75. The third-order valence-corrected chi connectivity index (χ3v) is 2.69. The Labute approximate surface area is 78.2 Å². The number of aliphatic carboxylic acids is 1. The molecular weight excluding hydrogens is 194 g/mol. The molecule has 0 aliphatic heterocycles. The lowest BCUT2D eigenvalue weighted by Gasteiger charge is -2.02. The Balaban J connectivity index is 3.71. The van der Waals surface area contributed by atoms with Crippen LogP contribution >= 0.6 is 0 Å². The van der Waals surface area contributed by atoms with Crippen LogP contribution < -0.4 is 4.72 Å². The van der Waals surface area contributed by atoms with Crippen molar-refractivity contribution in [2.75, 3.05) is 12.3 Å². The number of rotatable bonds is 7. The maximum atomic E-state index is 10.9. The molecule has 6 heteroatoms. The second kappa shape index (κ2) is 5.93. The second-order valence-corrected chi connectivity index (χ2v) is 4.56. The minimum absolute atomic E-state index is 0.323. The molecule has 0 aliphatic rings. The van der Waals surface area contributed by atoms with Gasteiger partial charge in [-0.2, -0.15) is 0 Å². The van der Waals surface area contributed by atoms with E-state index in [1.165, 1.54) is 0 Å². The lowest BCUT2D eigenvalue weighted by molar-refractivity contribution is -0.134. The van der Waals surface area contributed by atoms with Gasteiger partial charge in [0, 0.05) is 6.54 Å². The highest BCUT2D eigenvalue weighted by molar-refractivity contribution is 7.90. The van der Waals surface area contributed by atoms with E-state index >= 15 is 0 Å². The van der Waals surface area contributed by atoms with E-state index in [0.717, 1.165) is 19.3 Å². The summed E-state index contributed by atoms with van der Waals surface area (Å²) in [5.74, 6) is -2.18. The zero-order chi connectivity index (χ0) is 10.3. The maximum Gasteiger partial charge on any atom is 0.320 e. The van der Waals surface area contributed by atoms with Crippen LogP contribution in [0.5, 0.6) is 0 Å². The van der Waals surface area contributed by atoms with Crippen molar-refractivity contribution in [2.45, 2.75) is 26.2 Å². The number of unbranched alkanes of at least 4 members (excludes halogenated alkanes) is 2. The quantitative estimate of drug-likeness (QED) is 0.586. The van der Waals surface area contributed by atoms with E-state index in [1.54, 1.807) is 0 Å². The fraction of sp³-hybridized carbons (Fsp3) is 0.857. The molecule has 2 N–H and O–H groups in total. The Morgan fingerprint density at radius 1 is 1.38 bits per heavy atom. The van der Waals surface area contributed by atoms with E-state index in [-0.39, 0.29) is 0 Å².